The van der Waals surface area contributed by atoms with Crippen molar-refractivity contribution in [3.63, 3.8) is 0 Å². The van der Waals surface area contributed by atoms with Gasteiger partial charge in [-0.2, -0.15) is 0 Å². The van der Waals surface area contributed by atoms with E-state index in [1.165, 1.54) is 12.8 Å². The van der Waals surface area contributed by atoms with Crippen LogP contribution in [-0.2, 0) is 0 Å². The van der Waals surface area contributed by atoms with Crippen molar-refractivity contribution >= 4 is 5.69 Å². The minimum Gasteiger partial charge on any atom is -0.490 e. The highest BCUT2D eigenvalue weighted by atomic mass is 16.5. The van der Waals surface area contributed by atoms with Gasteiger partial charge in [-0.1, -0.05) is 12.1 Å². The molecule has 2 N–H and O–H groups in total. The Morgan fingerprint density at radius 3 is 2.83 bits per heavy atom. The molecule has 1 aliphatic carbocycles. The smallest absolute Gasteiger partial charge is 0.120 e. The first-order chi connectivity index (χ1) is 8.72. The lowest BCUT2D eigenvalue weighted by atomic mass is 10.1. The number of nitrogens with two attached hydrogens (primary N) is 1. The number of hydrogen-bond acceptors (Lipinski definition) is 3. The summed E-state index contributed by atoms with van der Waals surface area (Å²) in [5.41, 5.74) is 9.54. The molecule has 3 rings (SSSR count). The van der Waals surface area contributed by atoms with Crippen LogP contribution in [0.25, 0.3) is 11.3 Å². The minimum absolute atomic E-state index is 0.417. The number of nitrogen functional groups attached to an aromatic ring is 1. The number of aryl methyl sites for hydroxylation is 1. The standard InChI is InChI=1S/C15H16N2O/c1-10-7-12(16)9-17-15(10)11-3-2-4-14(8-11)18-13-5-6-13/h2-4,7-9,13H,5-6,16H2,1H3. The maximum absolute atomic E-state index is 5.80. The number of ether oxygens (including phenoxy) is 1. The van der Waals surface area contributed by atoms with E-state index < -0.39 is 0 Å². The van der Waals surface area contributed by atoms with E-state index in [0.29, 0.717) is 11.8 Å². The summed E-state index contributed by atoms with van der Waals surface area (Å²) >= 11 is 0. The summed E-state index contributed by atoms with van der Waals surface area (Å²) in [7, 11) is 0. The fourth-order valence-electron chi connectivity index (χ4n) is 1.99. The van der Waals surface area contributed by atoms with Crippen molar-refractivity contribution in [1.29, 1.82) is 0 Å². The summed E-state index contributed by atoms with van der Waals surface area (Å²) in [6.45, 7) is 2.02. The first kappa shape index (κ1) is 11.1. The molecule has 0 radical (unpaired) electrons. The molecule has 1 aliphatic rings. The lowest BCUT2D eigenvalue weighted by molar-refractivity contribution is 0.303. The summed E-state index contributed by atoms with van der Waals surface area (Å²) in [6, 6.07) is 10.0. The molecular formula is C15H16N2O. The quantitative estimate of drug-likeness (QED) is 0.896. The van der Waals surface area contributed by atoms with Crippen LogP contribution in [0.2, 0.25) is 0 Å². The van der Waals surface area contributed by atoms with E-state index in [1.54, 1.807) is 6.20 Å². The first-order valence-corrected chi connectivity index (χ1v) is 6.21. The molecule has 1 saturated carbocycles. The van der Waals surface area contributed by atoms with E-state index in [9.17, 15) is 0 Å². The predicted molar refractivity (Wildman–Crippen MR) is 72.5 cm³/mol. The molecule has 0 aliphatic heterocycles. The van der Waals surface area contributed by atoms with E-state index in [2.05, 4.69) is 4.98 Å². The van der Waals surface area contributed by atoms with Crippen LogP contribution < -0.4 is 10.5 Å². The third-order valence-corrected chi connectivity index (χ3v) is 3.03. The van der Waals surface area contributed by atoms with Gasteiger partial charge >= 0.3 is 0 Å². The summed E-state index contributed by atoms with van der Waals surface area (Å²) in [5.74, 6) is 0.924. The zero-order valence-corrected chi connectivity index (χ0v) is 10.4. The number of benzene rings is 1. The predicted octanol–water partition coefficient (Wildman–Crippen LogP) is 3.18. The lowest BCUT2D eigenvalue weighted by Gasteiger charge is -2.09. The fraction of sp³-hybridized carbons (Fsp3) is 0.267. The van der Waals surface area contributed by atoms with Gasteiger partial charge in [-0.05, 0) is 43.5 Å². The molecule has 2 aromatic rings. The van der Waals surface area contributed by atoms with Gasteiger partial charge in [0.2, 0.25) is 0 Å². The number of rotatable bonds is 3. The molecule has 1 aromatic carbocycles. The van der Waals surface area contributed by atoms with Crippen molar-refractivity contribution in [3.8, 4) is 17.0 Å². The van der Waals surface area contributed by atoms with Gasteiger partial charge in [-0.25, -0.2) is 0 Å². The van der Waals surface area contributed by atoms with E-state index >= 15 is 0 Å². The van der Waals surface area contributed by atoms with Gasteiger partial charge in [-0.15, -0.1) is 0 Å². The van der Waals surface area contributed by atoms with Gasteiger partial charge in [0.1, 0.15) is 5.75 Å². The van der Waals surface area contributed by atoms with Crippen LogP contribution in [0.4, 0.5) is 5.69 Å². The Kier molecular flexibility index (Phi) is 2.67. The third-order valence-electron chi connectivity index (χ3n) is 3.03. The highest BCUT2D eigenvalue weighted by Gasteiger charge is 2.23. The normalized spacial score (nSPS) is 14.5. The first-order valence-electron chi connectivity index (χ1n) is 6.21. The second kappa shape index (κ2) is 4.33. The fourth-order valence-corrected chi connectivity index (χ4v) is 1.99. The number of nitrogens with zero attached hydrogens (tertiary/aromatic N) is 1. The molecule has 3 heteroatoms. The highest BCUT2D eigenvalue weighted by molar-refractivity contribution is 5.66. The molecule has 18 heavy (non-hydrogen) atoms. The third kappa shape index (κ3) is 2.30. The number of pyridine rings is 1. The van der Waals surface area contributed by atoms with Gasteiger partial charge in [0, 0.05) is 5.56 Å². The average molecular weight is 240 g/mol. The van der Waals surface area contributed by atoms with Crippen molar-refractivity contribution in [2.75, 3.05) is 5.73 Å². The van der Waals surface area contributed by atoms with Crippen LogP contribution in [0, 0.1) is 6.92 Å². The van der Waals surface area contributed by atoms with Crippen molar-refractivity contribution in [3.05, 3.63) is 42.1 Å². The van der Waals surface area contributed by atoms with Crippen LogP contribution >= 0.6 is 0 Å². The van der Waals surface area contributed by atoms with Crippen molar-refractivity contribution in [2.45, 2.75) is 25.9 Å². The maximum Gasteiger partial charge on any atom is 0.120 e. The number of anilines is 1. The SMILES string of the molecule is Cc1cc(N)cnc1-c1cccc(OC2CC2)c1. The molecule has 3 nitrogen and oxygen atoms in total. The molecule has 0 atom stereocenters. The van der Waals surface area contributed by atoms with Gasteiger partial charge < -0.3 is 10.5 Å². The number of hydrogen-bond donors (Lipinski definition) is 1. The molecule has 92 valence electrons. The Labute approximate surface area is 107 Å². The molecule has 1 heterocycles. The molecule has 0 saturated heterocycles. The van der Waals surface area contributed by atoms with Gasteiger partial charge in [-0.3, -0.25) is 4.98 Å². The largest absolute Gasteiger partial charge is 0.490 e. The van der Waals surface area contributed by atoms with Crippen LogP contribution in [0.15, 0.2) is 36.5 Å². The Hall–Kier alpha value is -2.03. The molecule has 0 bridgehead atoms. The molecule has 0 amide bonds. The second-order valence-corrected chi connectivity index (χ2v) is 4.78. The van der Waals surface area contributed by atoms with E-state index in [1.807, 2.05) is 37.3 Å². The van der Waals surface area contributed by atoms with Gasteiger partial charge in [0.25, 0.3) is 0 Å². The Morgan fingerprint density at radius 2 is 2.11 bits per heavy atom. The Balaban J connectivity index is 1.94. The van der Waals surface area contributed by atoms with Crippen LogP contribution in [-0.4, -0.2) is 11.1 Å². The second-order valence-electron chi connectivity index (χ2n) is 4.78. The van der Waals surface area contributed by atoms with Crippen molar-refractivity contribution in [2.24, 2.45) is 0 Å². The van der Waals surface area contributed by atoms with Crippen LogP contribution in [0.3, 0.4) is 0 Å². The van der Waals surface area contributed by atoms with E-state index in [-0.39, 0.29) is 0 Å². The van der Waals surface area contributed by atoms with Crippen LogP contribution in [0.1, 0.15) is 18.4 Å². The number of aromatic nitrogens is 1. The summed E-state index contributed by atoms with van der Waals surface area (Å²) in [5, 5.41) is 0. The molecule has 0 unspecified atom stereocenters. The Bertz CT molecular complexity index is 576. The molecular weight excluding hydrogens is 224 g/mol. The van der Waals surface area contributed by atoms with Crippen LogP contribution in [0.5, 0.6) is 5.75 Å². The minimum atomic E-state index is 0.417. The van der Waals surface area contributed by atoms with Gasteiger partial charge in [0.15, 0.2) is 0 Å². The summed E-state index contributed by atoms with van der Waals surface area (Å²) in [6.07, 6.45) is 4.45. The van der Waals surface area contributed by atoms with Gasteiger partial charge in [0.05, 0.1) is 23.7 Å². The topological polar surface area (TPSA) is 48.1 Å². The van der Waals surface area contributed by atoms with Crippen molar-refractivity contribution < 1.29 is 4.74 Å². The monoisotopic (exact) mass is 240 g/mol. The molecule has 1 fully saturated rings. The molecule has 1 aromatic heterocycles. The van der Waals surface area contributed by atoms with E-state index in [0.717, 1.165) is 22.6 Å². The molecule has 0 spiro atoms. The van der Waals surface area contributed by atoms with E-state index in [4.69, 9.17) is 10.5 Å². The van der Waals surface area contributed by atoms with Crippen molar-refractivity contribution in [1.82, 2.24) is 4.98 Å². The maximum atomic E-state index is 5.80. The summed E-state index contributed by atoms with van der Waals surface area (Å²) < 4.78 is 5.80. The average Bonchev–Trinajstić information content (AvgIpc) is 3.13. The Morgan fingerprint density at radius 1 is 1.28 bits per heavy atom. The summed E-state index contributed by atoms with van der Waals surface area (Å²) in [4.78, 5) is 4.40. The lowest BCUT2D eigenvalue weighted by Crippen LogP contribution is -1.97. The zero-order valence-electron chi connectivity index (χ0n) is 10.4. The highest BCUT2D eigenvalue weighted by Crippen LogP contribution is 2.30. The zero-order chi connectivity index (χ0) is 12.5.